The maximum absolute atomic E-state index is 13.5. The molecule has 1 aromatic carbocycles. The van der Waals surface area contributed by atoms with Crippen molar-refractivity contribution in [2.45, 2.75) is 71.8 Å². The van der Waals surface area contributed by atoms with Gasteiger partial charge >= 0.3 is 0 Å². The molecule has 6 atom stereocenters. The van der Waals surface area contributed by atoms with Crippen molar-refractivity contribution in [3.8, 4) is 0 Å². The van der Waals surface area contributed by atoms with E-state index in [1.807, 2.05) is 0 Å². The predicted molar refractivity (Wildman–Crippen MR) is 117 cm³/mol. The molecule has 0 heterocycles. The monoisotopic (exact) mass is 390 g/mol. The van der Waals surface area contributed by atoms with Crippen LogP contribution in [0.25, 0.3) is 6.08 Å². The summed E-state index contributed by atoms with van der Waals surface area (Å²) in [6, 6.07) is 8.52. The first-order chi connectivity index (χ1) is 13.8. The van der Waals surface area contributed by atoms with Crippen LogP contribution < -0.4 is 0 Å². The zero-order valence-corrected chi connectivity index (χ0v) is 18.1. The molecule has 1 N–H and O–H groups in total. The summed E-state index contributed by atoms with van der Waals surface area (Å²) in [5, 5.41) is 10.2. The molecule has 4 aliphatic rings. The summed E-state index contributed by atoms with van der Waals surface area (Å²) in [5.74, 6) is 2.14. The summed E-state index contributed by atoms with van der Waals surface area (Å²) in [6.07, 6.45) is 11.5. The number of aliphatic hydroxyl groups excluding tert-OH is 1. The van der Waals surface area contributed by atoms with Gasteiger partial charge in [-0.15, -0.1) is 0 Å². The lowest BCUT2D eigenvalue weighted by molar-refractivity contribution is -0.130. The van der Waals surface area contributed by atoms with Crippen LogP contribution in [0.15, 0.2) is 41.5 Å². The molecule has 1 aromatic rings. The van der Waals surface area contributed by atoms with E-state index in [9.17, 15) is 9.90 Å². The minimum Gasteiger partial charge on any atom is -0.393 e. The van der Waals surface area contributed by atoms with Crippen LogP contribution in [0, 0.1) is 35.5 Å². The van der Waals surface area contributed by atoms with E-state index >= 15 is 0 Å². The minimum atomic E-state index is -0.187. The molecule has 0 aliphatic heterocycles. The largest absolute Gasteiger partial charge is 0.393 e. The van der Waals surface area contributed by atoms with E-state index in [-0.39, 0.29) is 16.9 Å². The SMILES string of the molecule is Cc1ccc(/C=C2/C[C@@H]3[C@@H]4CC=C5C[C@@H](O)CC[C@]5(C)[C@@H]4CC[C@]3(C)C2=O)cc1. The van der Waals surface area contributed by atoms with E-state index in [4.69, 9.17) is 0 Å². The smallest absolute Gasteiger partial charge is 0.165 e. The fourth-order valence-corrected chi connectivity index (χ4v) is 7.31. The number of hydrogen-bond acceptors (Lipinski definition) is 2. The fraction of sp³-hybridized carbons (Fsp3) is 0.593. The molecule has 154 valence electrons. The van der Waals surface area contributed by atoms with Crippen molar-refractivity contribution in [1.29, 1.82) is 0 Å². The van der Waals surface area contributed by atoms with Crippen LogP contribution in [0.1, 0.15) is 69.9 Å². The lowest BCUT2D eigenvalue weighted by atomic mass is 9.48. The van der Waals surface area contributed by atoms with Crippen molar-refractivity contribution in [2.24, 2.45) is 28.6 Å². The average molecular weight is 391 g/mol. The maximum Gasteiger partial charge on any atom is 0.165 e. The van der Waals surface area contributed by atoms with Crippen LogP contribution in [0.3, 0.4) is 0 Å². The molecule has 4 aliphatic carbocycles. The molecule has 3 fully saturated rings. The Labute approximate surface area is 175 Å². The van der Waals surface area contributed by atoms with E-state index in [1.165, 1.54) is 11.1 Å². The topological polar surface area (TPSA) is 37.3 Å². The number of benzene rings is 1. The number of rotatable bonds is 1. The first-order valence-corrected chi connectivity index (χ1v) is 11.5. The van der Waals surface area contributed by atoms with Crippen molar-refractivity contribution < 1.29 is 9.90 Å². The Morgan fingerprint density at radius 1 is 1.00 bits per heavy atom. The van der Waals surface area contributed by atoms with Crippen molar-refractivity contribution >= 4 is 11.9 Å². The number of aryl methyl sites for hydroxylation is 1. The summed E-state index contributed by atoms with van der Waals surface area (Å²) in [6.45, 7) is 6.80. The number of aliphatic hydroxyl groups is 1. The molecule has 0 amide bonds. The summed E-state index contributed by atoms with van der Waals surface area (Å²) < 4.78 is 0. The first-order valence-electron chi connectivity index (χ1n) is 11.5. The third-order valence-electron chi connectivity index (χ3n) is 9.14. The van der Waals surface area contributed by atoms with Crippen LogP contribution in [-0.4, -0.2) is 17.0 Å². The standard InChI is InChI=1S/C27H34O2/c1-17-4-6-18(7-5-17)14-19-15-24-22-9-8-20-16-21(28)10-12-26(20,2)23(22)11-13-27(24,3)25(19)29/h4-8,14,21-24,28H,9-13,15-16H2,1-3H3/b19-14-/t21-,22+,23+,24+,26-,27-/m0/s1. The van der Waals surface area contributed by atoms with Crippen LogP contribution in [0.2, 0.25) is 0 Å². The number of Topliss-reactive ketones (excluding diaryl/α,β-unsaturated/α-hetero) is 1. The fourth-order valence-electron chi connectivity index (χ4n) is 7.31. The third-order valence-corrected chi connectivity index (χ3v) is 9.14. The number of carbonyl (C=O) groups excluding carboxylic acids is 1. The van der Waals surface area contributed by atoms with Crippen molar-refractivity contribution in [3.05, 3.63) is 52.6 Å². The zero-order valence-electron chi connectivity index (χ0n) is 18.1. The van der Waals surface area contributed by atoms with Gasteiger partial charge < -0.3 is 5.11 Å². The van der Waals surface area contributed by atoms with Crippen molar-refractivity contribution in [1.82, 2.24) is 0 Å². The number of ketones is 1. The zero-order chi connectivity index (χ0) is 20.4. The highest BCUT2D eigenvalue weighted by molar-refractivity contribution is 6.05. The lowest BCUT2D eigenvalue weighted by Crippen LogP contribution is -2.50. The molecule has 0 saturated heterocycles. The van der Waals surface area contributed by atoms with Gasteiger partial charge in [-0.25, -0.2) is 0 Å². The van der Waals surface area contributed by atoms with E-state index in [0.717, 1.165) is 56.1 Å². The molecule has 5 rings (SSSR count). The van der Waals surface area contributed by atoms with Crippen LogP contribution >= 0.6 is 0 Å². The van der Waals surface area contributed by atoms with Gasteiger partial charge in [-0.1, -0.05) is 55.3 Å². The minimum absolute atomic E-state index is 0.156. The molecular weight excluding hydrogens is 356 g/mol. The number of fused-ring (bicyclic) bond motifs is 5. The molecule has 29 heavy (non-hydrogen) atoms. The van der Waals surface area contributed by atoms with Crippen molar-refractivity contribution in [3.63, 3.8) is 0 Å². The number of carbonyl (C=O) groups is 1. The summed E-state index contributed by atoms with van der Waals surface area (Å²) in [4.78, 5) is 13.5. The third kappa shape index (κ3) is 2.90. The molecule has 2 nitrogen and oxygen atoms in total. The van der Waals surface area contributed by atoms with Gasteiger partial charge in [0.1, 0.15) is 0 Å². The summed E-state index contributed by atoms with van der Waals surface area (Å²) in [7, 11) is 0. The molecule has 0 radical (unpaired) electrons. The van der Waals surface area contributed by atoms with Gasteiger partial charge in [0.25, 0.3) is 0 Å². The van der Waals surface area contributed by atoms with Crippen LogP contribution in [-0.2, 0) is 4.79 Å². The average Bonchev–Trinajstić information content (AvgIpc) is 2.95. The molecule has 0 bridgehead atoms. The molecule has 3 saturated carbocycles. The second-order valence-electron chi connectivity index (χ2n) is 10.7. The van der Waals surface area contributed by atoms with Crippen LogP contribution in [0.4, 0.5) is 0 Å². The Balaban J connectivity index is 1.47. The quantitative estimate of drug-likeness (QED) is 0.480. The van der Waals surface area contributed by atoms with E-state index in [0.29, 0.717) is 23.5 Å². The Kier molecular flexibility index (Phi) is 4.44. The highest BCUT2D eigenvalue weighted by Crippen LogP contribution is 2.64. The second kappa shape index (κ2) is 6.67. The summed E-state index contributed by atoms with van der Waals surface area (Å²) >= 11 is 0. The molecule has 0 aromatic heterocycles. The number of hydrogen-bond donors (Lipinski definition) is 1. The predicted octanol–water partition coefficient (Wildman–Crippen LogP) is 5.88. The van der Waals surface area contributed by atoms with Gasteiger partial charge in [0.15, 0.2) is 5.78 Å². The van der Waals surface area contributed by atoms with Gasteiger partial charge in [-0.05, 0) is 92.3 Å². The van der Waals surface area contributed by atoms with Gasteiger partial charge in [-0.3, -0.25) is 4.79 Å². The van der Waals surface area contributed by atoms with Crippen LogP contribution in [0.5, 0.6) is 0 Å². The number of allylic oxidation sites excluding steroid dienone is 2. The van der Waals surface area contributed by atoms with E-state index in [2.05, 4.69) is 57.2 Å². The Bertz CT molecular complexity index is 892. The first kappa shape index (κ1) is 19.3. The van der Waals surface area contributed by atoms with Gasteiger partial charge in [-0.2, -0.15) is 0 Å². The summed E-state index contributed by atoms with van der Waals surface area (Å²) in [5.41, 5.74) is 4.99. The molecule has 2 heteroatoms. The molecule has 0 spiro atoms. The molecule has 0 unspecified atom stereocenters. The second-order valence-corrected chi connectivity index (χ2v) is 10.7. The van der Waals surface area contributed by atoms with E-state index in [1.54, 1.807) is 0 Å². The normalized spacial score (nSPS) is 42.8. The highest BCUT2D eigenvalue weighted by Gasteiger charge is 2.59. The van der Waals surface area contributed by atoms with E-state index < -0.39 is 0 Å². The highest BCUT2D eigenvalue weighted by atomic mass is 16.3. The Morgan fingerprint density at radius 2 is 1.72 bits per heavy atom. The van der Waals surface area contributed by atoms with Gasteiger partial charge in [0.2, 0.25) is 0 Å². The Hall–Kier alpha value is -1.67. The maximum atomic E-state index is 13.5. The Morgan fingerprint density at radius 3 is 2.48 bits per heavy atom. The van der Waals surface area contributed by atoms with Crippen molar-refractivity contribution in [2.75, 3.05) is 0 Å². The molecular formula is C27H34O2. The van der Waals surface area contributed by atoms with Gasteiger partial charge in [0.05, 0.1) is 6.10 Å². The lowest BCUT2D eigenvalue weighted by Gasteiger charge is -2.56. The van der Waals surface area contributed by atoms with Gasteiger partial charge in [0, 0.05) is 5.41 Å².